The molecule has 0 radical (unpaired) electrons. The fourth-order valence-corrected chi connectivity index (χ4v) is 15.3. The number of rotatable bonds is 12. The van der Waals surface area contributed by atoms with Crippen LogP contribution in [0.1, 0.15) is 79.0 Å². The lowest BCUT2D eigenvalue weighted by Gasteiger charge is -2.29. The molecular weight excluding hydrogens is 1090 g/mol. The number of aryl methyl sites for hydroxylation is 1. The fourth-order valence-electron chi connectivity index (χ4n) is 15.3. The molecule has 0 saturated carbocycles. The van der Waals surface area contributed by atoms with Gasteiger partial charge in [-0.15, -0.1) is 0 Å². The van der Waals surface area contributed by atoms with E-state index < -0.39 is 0 Å². The van der Waals surface area contributed by atoms with Gasteiger partial charge in [-0.1, -0.05) is 264 Å². The molecule has 2 heterocycles. The van der Waals surface area contributed by atoms with Crippen LogP contribution in [0.15, 0.2) is 300 Å². The number of hydrogen-bond donors (Lipinski definition) is 0. The first-order valence-corrected chi connectivity index (χ1v) is 31.7. The van der Waals surface area contributed by atoms with E-state index in [2.05, 4.69) is 312 Å². The van der Waals surface area contributed by atoms with E-state index in [1.54, 1.807) is 0 Å². The van der Waals surface area contributed by atoms with Gasteiger partial charge in [0.05, 0.1) is 5.69 Å². The summed E-state index contributed by atoms with van der Waals surface area (Å²) in [7, 11) is 0. The van der Waals surface area contributed by atoms with Crippen LogP contribution in [0.3, 0.4) is 0 Å². The third-order valence-corrected chi connectivity index (χ3v) is 20.0. The lowest BCUT2D eigenvalue weighted by molar-refractivity contribution is 0.650. The summed E-state index contributed by atoms with van der Waals surface area (Å²) in [5.74, 6) is 0.181. The maximum atomic E-state index is 6.56. The first-order chi connectivity index (χ1) is 44.1. The Bertz CT molecular complexity index is 5260. The number of para-hydroxylation sites is 4. The molecule has 0 saturated heterocycles. The van der Waals surface area contributed by atoms with Crippen LogP contribution in [0.25, 0.3) is 111 Å². The van der Waals surface area contributed by atoms with Crippen molar-refractivity contribution in [3.63, 3.8) is 0 Å². The molecule has 0 bridgehead atoms. The lowest BCUT2D eigenvalue weighted by Crippen LogP contribution is -2.17. The zero-order chi connectivity index (χ0) is 60.2. The summed E-state index contributed by atoms with van der Waals surface area (Å²) < 4.78 is 13.1. The van der Waals surface area contributed by atoms with Crippen LogP contribution < -0.4 is 4.90 Å². The van der Waals surface area contributed by atoms with Gasteiger partial charge >= 0.3 is 0 Å². The molecule has 13 aromatic carbocycles. The summed E-state index contributed by atoms with van der Waals surface area (Å²) in [6, 6.07) is 107. The van der Waals surface area contributed by atoms with Crippen molar-refractivity contribution in [3.8, 4) is 66.8 Å². The Hall–Kier alpha value is -10.7. The Balaban J connectivity index is 0.717. The zero-order valence-electron chi connectivity index (χ0n) is 51.0. The number of anilines is 3. The monoisotopic (exact) mass is 1160 g/mol. The number of furan rings is 2. The topological polar surface area (TPSA) is 29.5 Å². The van der Waals surface area contributed by atoms with E-state index in [0.717, 1.165) is 96.0 Å². The minimum atomic E-state index is -0.256. The molecule has 430 valence electrons. The van der Waals surface area contributed by atoms with E-state index in [9.17, 15) is 0 Å². The maximum absolute atomic E-state index is 6.56. The first-order valence-electron chi connectivity index (χ1n) is 31.7. The molecule has 0 spiro atoms. The standard InChI is InChI=1S/C87H65NO2/c1-86(2)76-28-17-29-80(88(64-46-42-59(43-47-64)57-20-9-6-10-21-57)65-48-44-63(45-49-65)68-25-16-27-73-71-23-12-14-31-82(71)90-85(68)73)83(76)75-54-78-74(53-79(75)86)69-51-33-55(52-77(69)87(78,3)4)32-50-66(60-36-34-58(35-37-60)56-18-7-5-8-19-56)61-38-40-62(41-39-61)67-24-15-26-72-70-22-11-13-30-81(70)89-84(67)72/h5-31,33-49,51-54,66H,32,50H2,1-4H3. The Morgan fingerprint density at radius 2 is 0.756 bits per heavy atom. The molecule has 2 aromatic heterocycles. The van der Waals surface area contributed by atoms with Gasteiger partial charge in [0, 0.05) is 66.4 Å². The van der Waals surface area contributed by atoms with E-state index >= 15 is 0 Å². The summed E-state index contributed by atoms with van der Waals surface area (Å²) >= 11 is 0. The summed E-state index contributed by atoms with van der Waals surface area (Å²) in [6.07, 6.45) is 1.90. The molecular formula is C87H65NO2. The highest BCUT2D eigenvalue weighted by Gasteiger charge is 2.43. The lowest BCUT2D eigenvalue weighted by atomic mass is 9.79. The van der Waals surface area contributed by atoms with Gasteiger partial charge in [-0.05, 0) is 156 Å². The normalized spacial score (nSPS) is 13.8. The predicted molar refractivity (Wildman–Crippen MR) is 376 cm³/mol. The average Bonchev–Trinajstić information content (AvgIpc) is 1.55. The molecule has 1 unspecified atom stereocenters. The van der Waals surface area contributed by atoms with Gasteiger partial charge in [-0.3, -0.25) is 0 Å². The Kier molecular flexibility index (Phi) is 12.5. The largest absolute Gasteiger partial charge is 0.455 e. The maximum Gasteiger partial charge on any atom is 0.143 e. The van der Waals surface area contributed by atoms with Gasteiger partial charge < -0.3 is 13.7 Å². The first kappa shape index (κ1) is 53.5. The summed E-state index contributed by atoms with van der Waals surface area (Å²) in [6.45, 7) is 9.73. The predicted octanol–water partition coefficient (Wildman–Crippen LogP) is 24.0. The minimum Gasteiger partial charge on any atom is -0.455 e. The van der Waals surface area contributed by atoms with Crippen LogP contribution in [0.4, 0.5) is 17.1 Å². The summed E-state index contributed by atoms with van der Waals surface area (Å²) in [4.78, 5) is 2.48. The second-order valence-electron chi connectivity index (χ2n) is 25.8. The van der Waals surface area contributed by atoms with Crippen LogP contribution in [0.5, 0.6) is 0 Å². The fraction of sp³-hybridized carbons (Fsp3) is 0.103. The van der Waals surface area contributed by atoms with Crippen molar-refractivity contribution < 1.29 is 8.83 Å². The van der Waals surface area contributed by atoms with Crippen LogP contribution in [-0.2, 0) is 17.3 Å². The van der Waals surface area contributed by atoms with Crippen molar-refractivity contribution in [1.29, 1.82) is 0 Å². The molecule has 90 heavy (non-hydrogen) atoms. The number of hydrogen-bond acceptors (Lipinski definition) is 3. The third kappa shape index (κ3) is 8.70. The van der Waals surface area contributed by atoms with E-state index in [0.29, 0.717) is 0 Å². The van der Waals surface area contributed by atoms with Crippen molar-refractivity contribution >= 4 is 60.9 Å². The van der Waals surface area contributed by atoms with Gasteiger partial charge in [-0.2, -0.15) is 0 Å². The number of benzene rings is 13. The van der Waals surface area contributed by atoms with Crippen molar-refractivity contribution in [1.82, 2.24) is 0 Å². The second-order valence-corrected chi connectivity index (χ2v) is 25.8. The van der Waals surface area contributed by atoms with E-state index in [4.69, 9.17) is 8.83 Å². The zero-order valence-corrected chi connectivity index (χ0v) is 51.0. The molecule has 15 aromatic rings. The van der Waals surface area contributed by atoms with E-state index in [1.807, 2.05) is 12.1 Å². The van der Waals surface area contributed by atoms with Crippen molar-refractivity contribution in [2.75, 3.05) is 4.90 Å². The molecule has 2 aliphatic carbocycles. The summed E-state index contributed by atoms with van der Waals surface area (Å²) in [5.41, 5.74) is 30.6. The minimum absolute atomic E-state index is 0.181. The van der Waals surface area contributed by atoms with Gasteiger partial charge in [0.1, 0.15) is 22.3 Å². The molecule has 0 aliphatic heterocycles. The number of nitrogens with zero attached hydrogens (tertiary/aromatic N) is 1. The molecule has 0 fully saturated rings. The van der Waals surface area contributed by atoms with Gasteiger partial charge in [0.2, 0.25) is 0 Å². The highest BCUT2D eigenvalue weighted by molar-refractivity contribution is 6.11. The molecule has 0 amide bonds. The van der Waals surface area contributed by atoms with Gasteiger partial charge in [0.25, 0.3) is 0 Å². The van der Waals surface area contributed by atoms with Crippen molar-refractivity contribution in [2.24, 2.45) is 0 Å². The number of fused-ring (bicyclic) bond motifs is 12. The van der Waals surface area contributed by atoms with Crippen LogP contribution in [0, 0.1) is 0 Å². The smallest absolute Gasteiger partial charge is 0.143 e. The SMILES string of the molecule is CC1(C)c2cc(CCC(c3ccc(-c4ccccc4)cc3)c3ccc(-c4cccc5c4oc4ccccc45)cc3)ccc2-c2cc3c(cc21)-c1c(N(c2ccc(-c4ccccc4)cc2)c2ccc(-c4cccc5c4oc4ccccc45)cc2)cccc1C3(C)C. The highest BCUT2D eigenvalue weighted by atomic mass is 16.3. The second kappa shape index (κ2) is 21.0. The molecule has 2 aliphatic rings. The quantitative estimate of drug-likeness (QED) is 0.122. The van der Waals surface area contributed by atoms with Gasteiger partial charge in [-0.25, -0.2) is 0 Å². The van der Waals surface area contributed by atoms with E-state index in [-0.39, 0.29) is 16.7 Å². The Labute approximate surface area is 525 Å². The third-order valence-electron chi connectivity index (χ3n) is 20.0. The van der Waals surface area contributed by atoms with E-state index in [1.165, 1.54) is 83.5 Å². The van der Waals surface area contributed by atoms with Crippen LogP contribution >= 0.6 is 0 Å². The molecule has 3 heteroatoms. The molecule has 0 N–H and O–H groups in total. The average molecular weight is 1160 g/mol. The highest BCUT2D eigenvalue weighted by Crippen LogP contribution is 2.59. The van der Waals surface area contributed by atoms with Gasteiger partial charge in [0.15, 0.2) is 0 Å². The van der Waals surface area contributed by atoms with Crippen molar-refractivity contribution in [3.05, 3.63) is 330 Å². The molecule has 1 atom stereocenters. The summed E-state index contributed by atoms with van der Waals surface area (Å²) in [5, 5.41) is 4.56. The Morgan fingerprint density at radius 1 is 0.322 bits per heavy atom. The Morgan fingerprint density at radius 3 is 1.32 bits per heavy atom. The van der Waals surface area contributed by atoms with Crippen molar-refractivity contribution in [2.45, 2.75) is 57.3 Å². The van der Waals surface area contributed by atoms with Crippen LogP contribution in [0.2, 0.25) is 0 Å². The van der Waals surface area contributed by atoms with Crippen LogP contribution in [-0.4, -0.2) is 0 Å². The molecule has 3 nitrogen and oxygen atoms in total. The molecule has 17 rings (SSSR count).